The number of urea groups is 1. The summed E-state index contributed by atoms with van der Waals surface area (Å²) in [5.74, 6) is 0.409. The lowest BCUT2D eigenvalue weighted by atomic mass is 9.85. The Hall–Kier alpha value is -1.78. The predicted molar refractivity (Wildman–Crippen MR) is 58.7 cm³/mol. The highest BCUT2D eigenvalue weighted by molar-refractivity contribution is 5.91. The fourth-order valence-electron chi connectivity index (χ4n) is 1.68. The molecule has 2 rings (SSSR count). The lowest BCUT2D eigenvalue weighted by Crippen LogP contribution is -2.34. The first-order valence-electron chi connectivity index (χ1n) is 4.80. The Kier molecular flexibility index (Phi) is 2.03. The molecule has 0 saturated heterocycles. The third-order valence-electron chi connectivity index (χ3n) is 2.59. The molecule has 4 N–H and O–H groups in total. The Balaban J connectivity index is 2.55. The molecule has 5 heteroatoms. The zero-order valence-corrected chi connectivity index (χ0v) is 8.79. The number of rotatable bonds is 0. The number of hydrogen-bond donors (Lipinski definition) is 3. The maximum absolute atomic E-state index is 11.4. The lowest BCUT2D eigenvalue weighted by molar-refractivity contribution is 0.250. The van der Waals surface area contributed by atoms with Gasteiger partial charge in [-0.05, 0) is 0 Å². The molecule has 2 amide bonds. The van der Waals surface area contributed by atoms with Crippen LogP contribution in [0.25, 0.3) is 0 Å². The van der Waals surface area contributed by atoms with Crippen molar-refractivity contribution in [1.29, 1.82) is 0 Å². The Morgan fingerprint density at radius 2 is 2.27 bits per heavy atom. The normalized spacial score (nSPS) is 18.4. The Labute approximate surface area is 88.1 Å². The maximum atomic E-state index is 11.4. The molecular weight excluding hydrogens is 192 g/mol. The second kappa shape index (κ2) is 3.12. The number of hydrogen-bond acceptors (Lipinski definition) is 3. The van der Waals surface area contributed by atoms with Crippen LogP contribution in [0.3, 0.4) is 0 Å². The summed E-state index contributed by atoms with van der Waals surface area (Å²) in [6.07, 6.45) is 1.72. The van der Waals surface area contributed by atoms with Crippen molar-refractivity contribution in [2.75, 3.05) is 17.6 Å². The molecule has 0 bridgehead atoms. The number of carbonyl (C=O) groups is 1. The van der Waals surface area contributed by atoms with Crippen LogP contribution in [-0.2, 0) is 5.41 Å². The van der Waals surface area contributed by atoms with Gasteiger partial charge in [-0.25, -0.2) is 9.78 Å². The van der Waals surface area contributed by atoms with Crippen molar-refractivity contribution in [3.63, 3.8) is 0 Å². The van der Waals surface area contributed by atoms with Crippen LogP contribution in [0.4, 0.5) is 16.3 Å². The number of nitrogen functional groups attached to an aromatic ring is 1. The second-order valence-corrected chi connectivity index (χ2v) is 4.35. The number of fused-ring (bicyclic) bond motifs is 1. The fraction of sp³-hybridized carbons (Fsp3) is 0.400. The van der Waals surface area contributed by atoms with Gasteiger partial charge in [-0.1, -0.05) is 13.8 Å². The van der Waals surface area contributed by atoms with Crippen LogP contribution in [0.2, 0.25) is 0 Å². The van der Waals surface area contributed by atoms with Gasteiger partial charge < -0.3 is 16.4 Å². The van der Waals surface area contributed by atoms with Gasteiger partial charge in [-0.15, -0.1) is 0 Å². The SMILES string of the molecule is CC1(C)CNC(=O)Nc2cc(N)ncc21. The maximum Gasteiger partial charge on any atom is 0.319 e. The third-order valence-corrected chi connectivity index (χ3v) is 2.59. The van der Waals surface area contributed by atoms with Crippen molar-refractivity contribution in [3.05, 3.63) is 17.8 Å². The largest absolute Gasteiger partial charge is 0.384 e. The molecule has 0 spiro atoms. The molecule has 0 unspecified atom stereocenters. The topological polar surface area (TPSA) is 80.0 Å². The van der Waals surface area contributed by atoms with Gasteiger partial charge in [0, 0.05) is 29.8 Å². The highest BCUT2D eigenvalue weighted by atomic mass is 16.2. The molecule has 80 valence electrons. The number of nitrogens with two attached hydrogens (primary N) is 1. The average Bonchev–Trinajstić information content (AvgIpc) is 2.24. The van der Waals surface area contributed by atoms with Crippen molar-refractivity contribution in [2.24, 2.45) is 0 Å². The molecule has 0 aromatic carbocycles. The smallest absolute Gasteiger partial charge is 0.319 e. The number of nitrogens with one attached hydrogen (secondary N) is 2. The van der Waals surface area contributed by atoms with Gasteiger partial charge in [-0.2, -0.15) is 0 Å². The molecule has 2 heterocycles. The number of pyridine rings is 1. The van der Waals surface area contributed by atoms with E-state index < -0.39 is 0 Å². The van der Waals surface area contributed by atoms with E-state index >= 15 is 0 Å². The van der Waals surface area contributed by atoms with Crippen LogP contribution in [0, 0.1) is 0 Å². The summed E-state index contributed by atoms with van der Waals surface area (Å²) in [6.45, 7) is 4.69. The van der Waals surface area contributed by atoms with E-state index in [0.717, 1.165) is 11.3 Å². The van der Waals surface area contributed by atoms with Crippen molar-refractivity contribution in [1.82, 2.24) is 10.3 Å². The Morgan fingerprint density at radius 1 is 1.53 bits per heavy atom. The average molecular weight is 206 g/mol. The summed E-state index contributed by atoms with van der Waals surface area (Å²) < 4.78 is 0. The van der Waals surface area contributed by atoms with Crippen molar-refractivity contribution in [2.45, 2.75) is 19.3 Å². The third kappa shape index (κ3) is 1.72. The minimum absolute atomic E-state index is 0.144. The van der Waals surface area contributed by atoms with Gasteiger partial charge in [-0.3, -0.25) is 0 Å². The molecule has 1 aromatic heterocycles. The van der Waals surface area contributed by atoms with E-state index in [2.05, 4.69) is 29.5 Å². The first kappa shape index (κ1) is 9.76. The number of aromatic nitrogens is 1. The summed E-state index contributed by atoms with van der Waals surface area (Å²) >= 11 is 0. The van der Waals surface area contributed by atoms with E-state index in [1.165, 1.54) is 0 Å². The molecule has 0 radical (unpaired) electrons. The predicted octanol–water partition coefficient (Wildman–Crippen LogP) is 1.08. The van der Waals surface area contributed by atoms with Gasteiger partial charge in [0.25, 0.3) is 0 Å². The molecule has 0 saturated carbocycles. The minimum Gasteiger partial charge on any atom is -0.384 e. The van der Waals surface area contributed by atoms with Crippen LogP contribution in [-0.4, -0.2) is 17.6 Å². The first-order valence-corrected chi connectivity index (χ1v) is 4.80. The van der Waals surface area contributed by atoms with Gasteiger partial charge in [0.15, 0.2) is 0 Å². The minimum atomic E-state index is -0.201. The molecule has 0 fully saturated rings. The molecule has 15 heavy (non-hydrogen) atoms. The molecule has 5 nitrogen and oxygen atoms in total. The zero-order chi connectivity index (χ0) is 11.1. The van der Waals surface area contributed by atoms with E-state index in [0.29, 0.717) is 12.4 Å². The van der Waals surface area contributed by atoms with Gasteiger partial charge >= 0.3 is 6.03 Å². The zero-order valence-electron chi connectivity index (χ0n) is 8.79. The second-order valence-electron chi connectivity index (χ2n) is 4.35. The van der Waals surface area contributed by atoms with Crippen molar-refractivity contribution >= 4 is 17.5 Å². The molecule has 1 aromatic rings. The first-order chi connectivity index (χ1) is 6.99. The quantitative estimate of drug-likeness (QED) is 0.594. The van der Waals surface area contributed by atoms with E-state index in [1.54, 1.807) is 12.3 Å². The van der Waals surface area contributed by atoms with E-state index in [9.17, 15) is 4.79 Å². The highest BCUT2D eigenvalue weighted by Gasteiger charge is 2.28. The van der Waals surface area contributed by atoms with Gasteiger partial charge in [0.05, 0.1) is 5.69 Å². The van der Waals surface area contributed by atoms with E-state index in [-0.39, 0.29) is 11.4 Å². The summed E-state index contributed by atoms with van der Waals surface area (Å²) in [6, 6.07) is 1.48. The number of amides is 2. The summed E-state index contributed by atoms with van der Waals surface area (Å²) in [5, 5.41) is 5.53. The van der Waals surface area contributed by atoms with E-state index in [1.807, 2.05) is 0 Å². The van der Waals surface area contributed by atoms with Crippen molar-refractivity contribution in [3.8, 4) is 0 Å². The molecular formula is C10H14N4O. The van der Waals surface area contributed by atoms with Crippen LogP contribution < -0.4 is 16.4 Å². The molecule has 0 atom stereocenters. The summed E-state index contributed by atoms with van der Waals surface area (Å²) in [7, 11) is 0. The number of nitrogens with zero attached hydrogens (tertiary/aromatic N) is 1. The lowest BCUT2D eigenvalue weighted by Gasteiger charge is -2.23. The van der Waals surface area contributed by atoms with Crippen LogP contribution in [0.1, 0.15) is 19.4 Å². The fourth-order valence-corrected chi connectivity index (χ4v) is 1.68. The Morgan fingerprint density at radius 3 is 3.00 bits per heavy atom. The highest BCUT2D eigenvalue weighted by Crippen LogP contribution is 2.31. The van der Waals surface area contributed by atoms with Crippen LogP contribution in [0.15, 0.2) is 12.3 Å². The Bertz CT molecular complexity index is 414. The standard InChI is InChI=1S/C10H14N4O/c1-10(2)5-13-9(15)14-7-3-8(11)12-4-6(7)10/h3-4H,5H2,1-2H3,(H2,11,12)(H2,13,14,15). The van der Waals surface area contributed by atoms with Crippen LogP contribution in [0.5, 0.6) is 0 Å². The molecule has 1 aliphatic heterocycles. The molecule has 1 aliphatic rings. The van der Waals surface area contributed by atoms with Gasteiger partial charge in [0.2, 0.25) is 0 Å². The summed E-state index contributed by atoms with van der Waals surface area (Å²) in [4.78, 5) is 15.4. The monoisotopic (exact) mass is 206 g/mol. The number of carbonyl (C=O) groups excluding carboxylic acids is 1. The molecule has 0 aliphatic carbocycles. The van der Waals surface area contributed by atoms with Crippen LogP contribution >= 0.6 is 0 Å². The van der Waals surface area contributed by atoms with E-state index in [4.69, 9.17) is 5.73 Å². The van der Waals surface area contributed by atoms with Crippen molar-refractivity contribution < 1.29 is 4.79 Å². The summed E-state index contributed by atoms with van der Waals surface area (Å²) in [5.41, 5.74) is 7.17. The van der Waals surface area contributed by atoms with Gasteiger partial charge in [0.1, 0.15) is 5.82 Å². The number of anilines is 2.